The Bertz CT molecular complexity index is 2780. The molecule has 4 heterocycles. The summed E-state index contributed by atoms with van der Waals surface area (Å²) in [5.74, 6) is 0.683. The Balaban J connectivity index is 1.30. The molecule has 0 aliphatic rings. The second-order valence-corrected chi connectivity index (χ2v) is 12.4. The lowest BCUT2D eigenvalue weighted by Crippen LogP contribution is -1.96. The Hall–Kier alpha value is -6.85. The first kappa shape index (κ1) is 28.2. The first-order valence-corrected chi connectivity index (χ1v) is 16.7. The van der Waals surface area contributed by atoms with Crippen LogP contribution >= 0.6 is 0 Å². The van der Waals surface area contributed by atoms with Gasteiger partial charge in [0.1, 0.15) is 11.1 Å². The van der Waals surface area contributed by atoms with Gasteiger partial charge in [-0.3, -0.25) is 0 Å². The van der Waals surface area contributed by atoms with Crippen LogP contribution in [0.5, 0.6) is 0 Å². The van der Waals surface area contributed by atoms with Crippen molar-refractivity contribution in [1.82, 2.24) is 19.5 Å². The summed E-state index contributed by atoms with van der Waals surface area (Å²) in [6, 6.07) is 58.2. The minimum Gasteiger partial charge on any atom is -0.453 e. The third-order valence-corrected chi connectivity index (χ3v) is 9.39. The summed E-state index contributed by atoms with van der Waals surface area (Å²) in [6.45, 7) is 0. The Kier molecular flexibility index (Phi) is 6.42. The first-order valence-electron chi connectivity index (χ1n) is 16.7. The van der Waals surface area contributed by atoms with Crippen molar-refractivity contribution in [3.63, 3.8) is 0 Å². The number of hydrogen-bond donors (Lipinski definition) is 0. The summed E-state index contributed by atoms with van der Waals surface area (Å²) in [7, 11) is 0. The fourth-order valence-corrected chi connectivity index (χ4v) is 7.08. The van der Waals surface area contributed by atoms with Crippen LogP contribution in [0.2, 0.25) is 0 Å². The van der Waals surface area contributed by atoms with Crippen LogP contribution < -0.4 is 0 Å². The van der Waals surface area contributed by atoms with E-state index in [1.807, 2.05) is 60.7 Å². The number of fused-ring (bicyclic) bond motifs is 7. The van der Waals surface area contributed by atoms with E-state index in [0.717, 1.165) is 88.9 Å². The van der Waals surface area contributed by atoms with Crippen molar-refractivity contribution >= 4 is 43.9 Å². The van der Waals surface area contributed by atoms with Crippen LogP contribution in [0.1, 0.15) is 0 Å². The van der Waals surface area contributed by atoms with E-state index in [0.29, 0.717) is 5.82 Å². The van der Waals surface area contributed by atoms with Crippen LogP contribution in [0.3, 0.4) is 0 Å². The third-order valence-electron chi connectivity index (χ3n) is 9.39. The topological polar surface area (TPSA) is 56.7 Å². The summed E-state index contributed by atoms with van der Waals surface area (Å²) >= 11 is 0. The van der Waals surface area contributed by atoms with Gasteiger partial charge < -0.3 is 8.98 Å². The lowest BCUT2D eigenvalue weighted by Gasteiger charge is -2.11. The number of para-hydroxylation sites is 2. The highest BCUT2D eigenvalue weighted by Gasteiger charge is 2.25. The highest BCUT2D eigenvalue weighted by atomic mass is 16.3. The van der Waals surface area contributed by atoms with Crippen molar-refractivity contribution in [3.05, 3.63) is 170 Å². The van der Waals surface area contributed by atoms with E-state index in [-0.39, 0.29) is 0 Å². The molecule has 4 aromatic heterocycles. The van der Waals surface area contributed by atoms with Crippen LogP contribution in [0.4, 0.5) is 0 Å². The van der Waals surface area contributed by atoms with Gasteiger partial charge >= 0.3 is 0 Å². The fourth-order valence-electron chi connectivity index (χ4n) is 7.08. The van der Waals surface area contributed by atoms with Gasteiger partial charge in [-0.25, -0.2) is 15.0 Å². The quantitative estimate of drug-likeness (QED) is 0.188. The molecule has 10 aromatic rings. The third kappa shape index (κ3) is 4.52. The fraction of sp³-hybridized carbons (Fsp3) is 0. The van der Waals surface area contributed by atoms with E-state index >= 15 is 0 Å². The predicted molar refractivity (Wildman–Crippen MR) is 203 cm³/mol. The van der Waals surface area contributed by atoms with Gasteiger partial charge in [0, 0.05) is 38.7 Å². The van der Waals surface area contributed by atoms with Gasteiger partial charge in [-0.05, 0) is 42.5 Å². The van der Waals surface area contributed by atoms with Crippen molar-refractivity contribution in [2.75, 3.05) is 0 Å². The van der Waals surface area contributed by atoms with E-state index in [2.05, 4.69) is 114 Å². The maximum atomic E-state index is 7.03. The SMILES string of the molecule is c1ccc(-c2cc(-c3ccc4c(c3)c3oc5c6ccccc6nc(-c6ccccc6)c5c3n4-c3ccccc3)nc(-c3ccccc3)n2)cc1. The molecule has 0 saturated heterocycles. The van der Waals surface area contributed by atoms with Crippen LogP contribution in [0.25, 0.3) is 94.7 Å². The number of furan rings is 1. The normalized spacial score (nSPS) is 11.6. The average Bonchev–Trinajstić information content (AvgIpc) is 3.74. The van der Waals surface area contributed by atoms with Crippen molar-refractivity contribution in [1.29, 1.82) is 0 Å². The van der Waals surface area contributed by atoms with Crippen LogP contribution in [-0.2, 0) is 0 Å². The molecule has 0 saturated carbocycles. The first-order chi connectivity index (χ1) is 24.8. The molecular weight excluding hydrogens is 613 g/mol. The number of aromatic nitrogens is 4. The van der Waals surface area contributed by atoms with Crippen molar-refractivity contribution < 1.29 is 4.42 Å². The summed E-state index contributed by atoms with van der Waals surface area (Å²) in [5, 5.41) is 2.98. The lowest BCUT2D eigenvalue weighted by atomic mass is 10.0. The second-order valence-electron chi connectivity index (χ2n) is 12.4. The van der Waals surface area contributed by atoms with Gasteiger partial charge in [-0.15, -0.1) is 0 Å². The van der Waals surface area contributed by atoms with Gasteiger partial charge in [-0.2, -0.15) is 0 Å². The highest BCUT2D eigenvalue weighted by molar-refractivity contribution is 6.24. The number of nitrogens with zero attached hydrogens (tertiary/aromatic N) is 4. The van der Waals surface area contributed by atoms with E-state index in [9.17, 15) is 0 Å². The van der Waals surface area contributed by atoms with Gasteiger partial charge in [0.05, 0.1) is 33.5 Å². The molecule has 0 aliphatic carbocycles. The Morgan fingerprint density at radius 1 is 0.440 bits per heavy atom. The Morgan fingerprint density at radius 2 is 1.04 bits per heavy atom. The van der Waals surface area contributed by atoms with E-state index in [1.165, 1.54) is 0 Å². The molecule has 50 heavy (non-hydrogen) atoms. The number of hydrogen-bond acceptors (Lipinski definition) is 4. The van der Waals surface area contributed by atoms with Crippen molar-refractivity contribution in [3.8, 4) is 50.8 Å². The minimum atomic E-state index is 0.683. The molecular formula is C45H28N4O. The largest absolute Gasteiger partial charge is 0.453 e. The lowest BCUT2D eigenvalue weighted by molar-refractivity contribution is 0.676. The van der Waals surface area contributed by atoms with Crippen LogP contribution in [0, 0.1) is 0 Å². The molecule has 0 unspecified atom stereocenters. The van der Waals surface area contributed by atoms with Gasteiger partial charge in [0.25, 0.3) is 0 Å². The zero-order valence-corrected chi connectivity index (χ0v) is 26.9. The maximum absolute atomic E-state index is 7.03. The maximum Gasteiger partial charge on any atom is 0.161 e. The van der Waals surface area contributed by atoms with Crippen molar-refractivity contribution in [2.45, 2.75) is 0 Å². The Labute approximate surface area is 287 Å². The van der Waals surface area contributed by atoms with E-state index in [4.69, 9.17) is 19.4 Å². The second kappa shape index (κ2) is 11.4. The molecule has 5 nitrogen and oxygen atoms in total. The van der Waals surface area contributed by atoms with Gasteiger partial charge in [0.2, 0.25) is 0 Å². The van der Waals surface area contributed by atoms with Crippen LogP contribution in [0.15, 0.2) is 174 Å². The average molecular weight is 641 g/mol. The predicted octanol–water partition coefficient (Wildman–Crippen LogP) is 11.5. The number of benzene rings is 6. The molecule has 0 spiro atoms. The van der Waals surface area contributed by atoms with Crippen LogP contribution in [-0.4, -0.2) is 19.5 Å². The minimum absolute atomic E-state index is 0.683. The molecule has 0 bridgehead atoms. The monoisotopic (exact) mass is 640 g/mol. The molecule has 0 atom stereocenters. The molecule has 234 valence electrons. The number of rotatable bonds is 5. The molecule has 0 fully saturated rings. The van der Waals surface area contributed by atoms with Gasteiger partial charge in [-0.1, -0.05) is 127 Å². The van der Waals surface area contributed by atoms with Crippen molar-refractivity contribution in [2.24, 2.45) is 0 Å². The zero-order chi connectivity index (χ0) is 33.0. The molecule has 10 rings (SSSR count). The molecule has 6 aromatic carbocycles. The standard InChI is InChI=1S/C45H28N4O/c1-5-15-29(16-6-1)37-28-38(48-45(47-37)31-19-9-3-10-20-31)32-25-26-39-35(27-32)44-42(49(39)33-21-11-4-12-22-33)40-41(30-17-7-2-8-18-30)46-36-24-14-13-23-34(36)43(40)50-44/h1-28H. The molecule has 0 radical (unpaired) electrons. The molecule has 0 amide bonds. The zero-order valence-electron chi connectivity index (χ0n) is 26.9. The summed E-state index contributed by atoms with van der Waals surface area (Å²) in [6.07, 6.45) is 0. The van der Waals surface area contributed by atoms with Gasteiger partial charge in [0.15, 0.2) is 11.4 Å². The summed E-state index contributed by atoms with van der Waals surface area (Å²) < 4.78 is 9.34. The molecule has 0 aliphatic heterocycles. The highest BCUT2D eigenvalue weighted by Crippen LogP contribution is 2.45. The van der Waals surface area contributed by atoms with E-state index < -0.39 is 0 Å². The molecule has 0 N–H and O–H groups in total. The smallest absolute Gasteiger partial charge is 0.161 e. The summed E-state index contributed by atoms with van der Waals surface area (Å²) in [5.41, 5.74) is 12.3. The molecule has 5 heteroatoms. The summed E-state index contributed by atoms with van der Waals surface area (Å²) in [4.78, 5) is 15.4. The van der Waals surface area contributed by atoms with E-state index in [1.54, 1.807) is 0 Å². The Morgan fingerprint density at radius 3 is 1.76 bits per heavy atom. The number of pyridine rings is 1.